The van der Waals surface area contributed by atoms with Gasteiger partial charge in [-0.05, 0) is 53.4 Å². The fraction of sp³-hybridized carbons (Fsp3) is 0.803. The van der Waals surface area contributed by atoms with Crippen molar-refractivity contribution < 1.29 is 221 Å². The smallest absolute Gasteiger partial charge is 0.870 e. The van der Waals surface area contributed by atoms with Gasteiger partial charge in [-0.1, -0.05) is 41.5 Å². The first-order valence-electron chi connectivity index (χ1n) is 39.9. The molecule has 0 aromatic carbocycles. The summed E-state index contributed by atoms with van der Waals surface area (Å²) in [5.74, 6) is -7.15. The van der Waals surface area contributed by atoms with Crippen molar-refractivity contribution in [3.8, 4) is 0 Å². The number of ether oxygens (including phenoxy) is 13. The number of H-pyrrole nitrogens is 4. The average Bonchev–Trinajstić information content (AvgIpc) is 1.69. The molecule has 6 aliphatic rings. The molecule has 9 rings (SSSR count). The van der Waals surface area contributed by atoms with Gasteiger partial charge in [-0.25, -0.2) is 14.4 Å². The van der Waals surface area contributed by atoms with E-state index in [1.54, 1.807) is 70.3 Å². The minimum atomic E-state index is -1.66. The second-order valence-electron chi connectivity index (χ2n) is 33.4. The molecule has 30 atom stereocenters. The molecular formula is C76H123ClF3N6NaO42. The van der Waals surface area contributed by atoms with Gasteiger partial charge in [0.1, 0.15) is 109 Å². The summed E-state index contributed by atoms with van der Waals surface area (Å²) in [7, 11) is 2.84. The van der Waals surface area contributed by atoms with Gasteiger partial charge in [-0.2, -0.15) is 13.2 Å². The van der Waals surface area contributed by atoms with E-state index in [4.69, 9.17) is 83.4 Å². The number of alkyl halides is 1. The van der Waals surface area contributed by atoms with Gasteiger partial charge in [0.05, 0.1) is 140 Å². The number of aliphatic hydroxyl groups excluding tert-OH is 17. The second-order valence-corrected chi connectivity index (χ2v) is 33.7. The molecule has 0 saturated carbocycles. The molecule has 0 spiro atoms. The Labute approximate surface area is 760 Å². The molecule has 9 heterocycles. The number of nitrogens with zero attached hydrogens (tertiary/aromatic N) is 2. The van der Waals surface area contributed by atoms with Gasteiger partial charge in [-0.15, -0.1) is 11.6 Å². The first kappa shape index (κ1) is 117. The number of aliphatic hydroxyl groups is 17. The normalized spacial score (nSPS) is 37.2. The van der Waals surface area contributed by atoms with Crippen LogP contribution in [-0.2, 0) is 89.1 Å². The Morgan fingerprint density at radius 3 is 1.15 bits per heavy atom. The van der Waals surface area contributed by atoms with Crippen LogP contribution in [-0.4, -0.2) is 406 Å². The van der Waals surface area contributed by atoms with E-state index in [9.17, 15) is 143 Å². The van der Waals surface area contributed by atoms with Crippen LogP contribution in [0.2, 0.25) is 0 Å². The summed E-state index contributed by atoms with van der Waals surface area (Å²) in [5.41, 5.74) is -16.7. The third kappa shape index (κ3) is 28.0. The third-order valence-electron chi connectivity index (χ3n) is 23.9. The predicted molar refractivity (Wildman–Crippen MR) is 424 cm³/mol. The van der Waals surface area contributed by atoms with Gasteiger partial charge in [0, 0.05) is 42.1 Å². The van der Waals surface area contributed by atoms with Crippen LogP contribution in [0.1, 0.15) is 94.9 Å². The summed E-state index contributed by atoms with van der Waals surface area (Å²) in [5, 5.41) is 195. The number of esters is 1. The Balaban J connectivity index is 0.000000514. The SMILES string of the molecule is CC[C@]1(C)OC(CO)[C@@](C)(COC[C@]2(C)OC(CCO[C@H]3OC(CO)C(O)[C@@H](O)C3O)[C@@](C)(COC)[C@@H](O)C2O)[C@@H](O)C1OC(=O)Cn1cc(F)c(=O)[nH]c1=O.CC[C@]1(C)OC(CO)[C@@](C)(COC[C@]2(C)OC(CCO[C@H]3OC(CO)[C@H](O)[C@@H](O)C3O)[C@@](C)(COC)[C@@H](O)C2O)[C@@H](O)C1O.O=C(O)CCl.O=C(O)Cn1cc(F)c(=O)[nH]c1=O.O=c1[nH]cc(F)c(=O)[nH]1.[Na+].[OH-]. The van der Waals surface area contributed by atoms with Gasteiger partial charge in [0.25, 0.3) is 16.7 Å². The van der Waals surface area contributed by atoms with Crippen molar-refractivity contribution in [3.63, 3.8) is 0 Å². The van der Waals surface area contributed by atoms with Crippen LogP contribution < -0.4 is 63.3 Å². The van der Waals surface area contributed by atoms with E-state index in [-0.39, 0.29) is 106 Å². The summed E-state index contributed by atoms with van der Waals surface area (Å²) in [6, 6.07) is 0. The number of aromatic nitrogens is 6. The molecule has 738 valence electrons. The molecule has 6 fully saturated rings. The predicted octanol–water partition coefficient (Wildman–Crippen LogP) is -11.6. The number of methoxy groups -OCH3 is 2. The number of hydrogen-bond acceptors (Lipinski definition) is 40. The zero-order valence-electron chi connectivity index (χ0n) is 73.2. The van der Waals surface area contributed by atoms with Crippen LogP contribution >= 0.6 is 11.6 Å². The molecule has 129 heavy (non-hydrogen) atoms. The molecule has 0 amide bonds. The molecule has 3 aromatic heterocycles. The van der Waals surface area contributed by atoms with Crippen molar-refractivity contribution >= 4 is 29.5 Å². The Bertz CT molecular complexity index is 4390. The zero-order valence-corrected chi connectivity index (χ0v) is 76.0. The number of aromatic amines is 4. The van der Waals surface area contributed by atoms with Gasteiger partial charge < -0.3 is 169 Å². The van der Waals surface area contributed by atoms with E-state index in [1.807, 2.05) is 4.98 Å². The number of halogens is 4. The third-order valence-corrected chi connectivity index (χ3v) is 24.1. The van der Waals surface area contributed by atoms with Crippen LogP contribution in [0, 0.1) is 39.1 Å². The van der Waals surface area contributed by atoms with Crippen LogP contribution in [0.15, 0.2) is 47.4 Å². The zero-order chi connectivity index (χ0) is 96.4. The summed E-state index contributed by atoms with van der Waals surface area (Å²) in [4.78, 5) is 105. The van der Waals surface area contributed by atoms with Crippen LogP contribution in [0.5, 0.6) is 0 Å². The topological polar surface area (TPSA) is 761 Å². The Kier molecular flexibility index (Phi) is 45.8. The number of carboxylic acid groups (broad SMARTS) is 2. The Morgan fingerprint density at radius 2 is 0.806 bits per heavy atom. The van der Waals surface area contributed by atoms with Crippen LogP contribution in [0.4, 0.5) is 13.2 Å². The largest absolute Gasteiger partial charge is 1.00 e. The number of carbonyl (C=O) groups is 3. The summed E-state index contributed by atoms with van der Waals surface area (Å²) in [6.07, 6.45) is -27.2. The summed E-state index contributed by atoms with van der Waals surface area (Å²) < 4.78 is 115. The van der Waals surface area contributed by atoms with Crippen LogP contribution in [0.3, 0.4) is 0 Å². The summed E-state index contributed by atoms with van der Waals surface area (Å²) in [6.45, 7) is 10.8. The van der Waals surface area contributed by atoms with Crippen molar-refractivity contribution in [2.75, 3.05) is 99.4 Å². The monoisotopic (exact) mass is 1910 g/mol. The van der Waals surface area contributed by atoms with E-state index >= 15 is 0 Å². The van der Waals surface area contributed by atoms with Crippen molar-refractivity contribution in [1.29, 1.82) is 0 Å². The van der Waals surface area contributed by atoms with E-state index in [0.717, 1.165) is 0 Å². The molecule has 24 N–H and O–H groups in total. The van der Waals surface area contributed by atoms with E-state index in [1.165, 1.54) is 28.1 Å². The van der Waals surface area contributed by atoms with E-state index in [2.05, 4.69) is 0 Å². The number of carboxylic acids is 2. The Hall–Kier alpha value is -5.67. The van der Waals surface area contributed by atoms with Gasteiger partial charge in [0.2, 0.25) is 17.5 Å². The van der Waals surface area contributed by atoms with Crippen molar-refractivity contribution in [2.45, 2.75) is 265 Å². The molecule has 0 aliphatic carbocycles. The first-order chi connectivity index (χ1) is 59.1. The second kappa shape index (κ2) is 50.2. The van der Waals surface area contributed by atoms with Gasteiger partial charge in [-0.3, -0.25) is 52.9 Å². The molecule has 0 radical (unpaired) electrons. The summed E-state index contributed by atoms with van der Waals surface area (Å²) >= 11 is 4.74. The molecule has 0 bridgehead atoms. The van der Waals surface area contributed by atoms with E-state index in [0.29, 0.717) is 34.1 Å². The number of rotatable bonds is 32. The average molecular weight is 1910 g/mol. The molecular weight excluding hydrogens is 1780 g/mol. The fourth-order valence-electron chi connectivity index (χ4n) is 15.2. The maximum absolute atomic E-state index is 13.9. The molecule has 6 aliphatic heterocycles. The quantitative estimate of drug-likeness (QED) is 0.0157. The number of hydrogen-bond donors (Lipinski definition) is 23. The molecule has 13 unspecified atom stereocenters. The maximum atomic E-state index is 13.9. The standard InChI is InChI=1S/C35H57FN2O18.C29H54O15.C6H5FN2O4.C4H3FN2O2.C2H3ClO2.Na.H2O/c1-7-34(4)28(54-21(41)11-38-10-17(36)29(48)37-31(38)49)27(47)33(3,20(13-40)56-34)15-51-16-35(5)26(46)25(45)32(2,14-50-6)19(55-35)8-9-52-30-24(44)23(43)22(42)18(12-39)53-30;1-7-28(4)23(37)21(35)27(3,17(11-31)44-28)13-40-14-29(5)24(38)22(36)26(2,12-39-6)16(43-29)8-9-41-25-20(34)19(33)18(32)15(10-30)42-25;7-3-1-9(2-4(10)11)6(13)8-5(3)12;5-2-1-6-4(9)7-3(2)8;3-1-2(4)5;;/h10,18-20,22-28,30,39-40,42-47H,7-9,11-16H2,1-6H3,(H,37,48,49);15-25,30-38H,7-14H2,1-6H3;1H,2H2,(H,10,11)(H,8,12,13);1H,(H2,6,7,8,9);1H2,(H,4,5);;1H2/q;;;;;+1;/p-1/t18?,19?,20?,22?,23-,24?,25+,26?,27+,28?,30+,32-,33-,34+,35+;15?,16?,17?,18-,19+,20?,21-,22-,23?,24?,25-,26+,27+,28-,29-;;;;;/m10...../s1. The Morgan fingerprint density at radius 1 is 0.457 bits per heavy atom. The van der Waals surface area contributed by atoms with Crippen LogP contribution in [0.25, 0.3) is 0 Å². The van der Waals surface area contributed by atoms with Crippen molar-refractivity contribution in [2.24, 2.45) is 21.7 Å². The molecule has 48 nitrogen and oxygen atoms in total. The van der Waals surface area contributed by atoms with Gasteiger partial charge >= 0.3 is 64.5 Å². The molecule has 53 heteroatoms. The molecule has 3 aromatic rings. The van der Waals surface area contributed by atoms with E-state index < -0.39 is 294 Å². The minimum absolute atomic E-state index is 0. The molecule has 6 saturated heterocycles. The minimum Gasteiger partial charge on any atom is -0.870 e. The first-order valence-corrected chi connectivity index (χ1v) is 40.5. The number of aliphatic carboxylic acids is 2. The fourth-order valence-corrected chi connectivity index (χ4v) is 15.2. The maximum Gasteiger partial charge on any atom is 1.00 e. The number of nitrogens with one attached hydrogen (secondary N) is 4. The number of carbonyl (C=O) groups excluding carboxylic acids is 1. The van der Waals surface area contributed by atoms with Crippen molar-refractivity contribution in [3.05, 3.63) is 98.6 Å². The van der Waals surface area contributed by atoms with Gasteiger partial charge in [0.15, 0.2) is 18.7 Å². The van der Waals surface area contributed by atoms with Crippen molar-refractivity contribution in [1.82, 2.24) is 29.1 Å².